The Morgan fingerprint density at radius 1 is 0.952 bits per heavy atom. The average Bonchev–Trinajstić information content (AvgIpc) is 3.38. The lowest BCUT2D eigenvalue weighted by molar-refractivity contribution is -0.145. The summed E-state index contributed by atoms with van der Waals surface area (Å²) < 4.78 is 49.7. The second-order valence-electron chi connectivity index (χ2n) is 9.99. The number of carbonyl (C=O) groups excluding carboxylic acids is 2. The normalized spacial score (nSPS) is 13.1. The van der Waals surface area contributed by atoms with Crippen molar-refractivity contribution in [1.82, 2.24) is 10.3 Å². The number of halogens is 3. The maximum atomic E-state index is 12.9. The molecule has 4 aromatic carbocycles. The summed E-state index contributed by atoms with van der Waals surface area (Å²) in [6.07, 6.45) is -2.29. The van der Waals surface area contributed by atoms with Crippen molar-refractivity contribution in [3.8, 4) is 11.5 Å². The molecule has 7 nitrogen and oxygen atoms in total. The van der Waals surface area contributed by atoms with E-state index in [0.29, 0.717) is 28.5 Å². The summed E-state index contributed by atoms with van der Waals surface area (Å²) >= 11 is 0. The van der Waals surface area contributed by atoms with Crippen molar-refractivity contribution in [3.05, 3.63) is 108 Å². The lowest BCUT2D eigenvalue weighted by Crippen LogP contribution is -2.40. The molecule has 1 heterocycles. The molecule has 0 spiro atoms. The van der Waals surface area contributed by atoms with Crippen LogP contribution in [0.1, 0.15) is 28.4 Å². The number of ether oxygens (including phenoxy) is 2. The Morgan fingerprint density at radius 2 is 1.71 bits per heavy atom. The Kier molecular flexibility index (Phi) is 8.17. The molecular weight excluding hydrogens is 547 g/mol. The summed E-state index contributed by atoms with van der Waals surface area (Å²) in [5.41, 5.74) is 7.58. The van der Waals surface area contributed by atoms with Gasteiger partial charge in [0.1, 0.15) is 24.1 Å². The predicted octanol–water partition coefficient (Wildman–Crippen LogP) is 6.36. The molecule has 0 bridgehead atoms. The van der Waals surface area contributed by atoms with Gasteiger partial charge < -0.3 is 25.5 Å². The van der Waals surface area contributed by atoms with E-state index >= 15 is 0 Å². The van der Waals surface area contributed by atoms with Crippen molar-refractivity contribution in [2.24, 2.45) is 5.73 Å². The smallest absolute Gasteiger partial charge is 0.416 e. The van der Waals surface area contributed by atoms with Crippen LogP contribution in [-0.2, 0) is 22.1 Å². The van der Waals surface area contributed by atoms with E-state index in [1.165, 1.54) is 12.1 Å². The van der Waals surface area contributed by atoms with E-state index in [0.717, 1.165) is 28.6 Å². The molecule has 42 heavy (non-hydrogen) atoms. The Hall–Kier alpha value is -4.83. The van der Waals surface area contributed by atoms with Crippen LogP contribution in [0.2, 0.25) is 0 Å². The van der Waals surface area contributed by atoms with Crippen LogP contribution in [0, 0.1) is 0 Å². The SMILES string of the molecule is C[C@H](COC(=O)[C@@H](N)Cc1c[nH]c2ccccc12)NC(=O)c1ccc2c(Oc3ccc(C(F)(F)F)cc3)cccc2c1. The molecule has 0 saturated carbocycles. The Balaban J connectivity index is 1.17. The highest BCUT2D eigenvalue weighted by Crippen LogP contribution is 2.34. The molecule has 0 saturated heterocycles. The van der Waals surface area contributed by atoms with Crippen LogP contribution in [0.4, 0.5) is 13.2 Å². The van der Waals surface area contributed by atoms with Crippen LogP contribution in [0.3, 0.4) is 0 Å². The van der Waals surface area contributed by atoms with Gasteiger partial charge in [-0.3, -0.25) is 9.59 Å². The van der Waals surface area contributed by atoms with Gasteiger partial charge in [-0.05, 0) is 72.5 Å². The Morgan fingerprint density at radius 3 is 2.48 bits per heavy atom. The number of hydrogen-bond donors (Lipinski definition) is 3. The summed E-state index contributed by atoms with van der Waals surface area (Å²) in [4.78, 5) is 28.6. The highest BCUT2D eigenvalue weighted by atomic mass is 19.4. The van der Waals surface area contributed by atoms with Gasteiger partial charge in [-0.1, -0.05) is 30.3 Å². The first-order valence-corrected chi connectivity index (χ1v) is 13.2. The number of esters is 1. The number of alkyl halides is 3. The van der Waals surface area contributed by atoms with E-state index in [4.69, 9.17) is 15.2 Å². The fraction of sp³-hybridized carbons (Fsp3) is 0.188. The Labute approximate surface area is 239 Å². The number of fused-ring (bicyclic) bond motifs is 2. The quantitative estimate of drug-likeness (QED) is 0.177. The number of carbonyl (C=O) groups is 2. The zero-order valence-corrected chi connectivity index (χ0v) is 22.6. The molecule has 1 amide bonds. The zero-order chi connectivity index (χ0) is 29.9. The molecule has 5 rings (SSSR count). The first-order valence-electron chi connectivity index (χ1n) is 13.2. The molecule has 0 unspecified atom stereocenters. The Bertz CT molecular complexity index is 1730. The van der Waals surface area contributed by atoms with Crippen molar-refractivity contribution in [1.29, 1.82) is 0 Å². The summed E-state index contributed by atoms with van der Waals surface area (Å²) in [5, 5.41) is 5.19. The molecule has 0 radical (unpaired) electrons. The summed E-state index contributed by atoms with van der Waals surface area (Å²) in [5.74, 6) is -0.240. The van der Waals surface area contributed by atoms with Gasteiger partial charge in [0.15, 0.2) is 0 Å². The molecule has 0 aliphatic heterocycles. The molecular formula is C32H28F3N3O4. The van der Waals surface area contributed by atoms with Crippen molar-refractivity contribution in [2.45, 2.75) is 31.6 Å². The van der Waals surface area contributed by atoms with Crippen LogP contribution < -0.4 is 15.8 Å². The van der Waals surface area contributed by atoms with Crippen molar-refractivity contribution in [3.63, 3.8) is 0 Å². The molecule has 0 fully saturated rings. The number of hydrogen-bond acceptors (Lipinski definition) is 5. The van der Waals surface area contributed by atoms with E-state index in [-0.39, 0.29) is 18.3 Å². The molecule has 216 valence electrons. The van der Waals surface area contributed by atoms with E-state index in [9.17, 15) is 22.8 Å². The number of nitrogens with two attached hydrogens (primary N) is 1. The number of para-hydroxylation sites is 1. The van der Waals surface area contributed by atoms with E-state index < -0.39 is 29.8 Å². The van der Waals surface area contributed by atoms with Gasteiger partial charge in [-0.2, -0.15) is 13.2 Å². The van der Waals surface area contributed by atoms with Crippen LogP contribution in [0.15, 0.2) is 91.1 Å². The topological polar surface area (TPSA) is 106 Å². The third kappa shape index (κ3) is 6.55. The van der Waals surface area contributed by atoms with Gasteiger partial charge in [0.25, 0.3) is 5.91 Å². The average molecular weight is 576 g/mol. The van der Waals surface area contributed by atoms with Gasteiger partial charge in [-0.15, -0.1) is 0 Å². The maximum absolute atomic E-state index is 12.9. The van der Waals surface area contributed by atoms with Gasteiger partial charge in [0, 0.05) is 34.5 Å². The van der Waals surface area contributed by atoms with E-state index in [1.807, 2.05) is 30.5 Å². The van der Waals surface area contributed by atoms with Crippen LogP contribution in [-0.4, -0.2) is 35.6 Å². The van der Waals surface area contributed by atoms with Crippen molar-refractivity contribution >= 4 is 33.6 Å². The molecule has 0 aliphatic carbocycles. The lowest BCUT2D eigenvalue weighted by Gasteiger charge is -2.17. The summed E-state index contributed by atoms with van der Waals surface area (Å²) in [6, 6.07) is 21.1. The predicted molar refractivity (Wildman–Crippen MR) is 153 cm³/mol. The second-order valence-corrected chi connectivity index (χ2v) is 9.99. The first-order chi connectivity index (χ1) is 20.1. The maximum Gasteiger partial charge on any atom is 0.416 e. The van der Waals surface area contributed by atoms with E-state index in [1.54, 1.807) is 43.3 Å². The monoisotopic (exact) mass is 575 g/mol. The van der Waals surface area contributed by atoms with Gasteiger partial charge in [0.2, 0.25) is 0 Å². The molecule has 10 heteroatoms. The molecule has 0 aliphatic rings. The van der Waals surface area contributed by atoms with Crippen molar-refractivity contribution in [2.75, 3.05) is 6.61 Å². The van der Waals surface area contributed by atoms with Crippen LogP contribution >= 0.6 is 0 Å². The zero-order valence-electron chi connectivity index (χ0n) is 22.6. The first kappa shape index (κ1) is 28.7. The molecule has 5 aromatic rings. The van der Waals surface area contributed by atoms with Crippen LogP contribution in [0.25, 0.3) is 21.7 Å². The number of nitrogens with one attached hydrogen (secondary N) is 2. The standard InChI is InChI=1S/C32H28F3N3O4/c1-19(18-41-31(40)27(36)16-22-17-37-28-7-3-2-6-25(22)28)38-30(39)21-9-14-26-20(15-21)5-4-8-29(26)42-24-12-10-23(11-13-24)32(33,34)35/h2-15,17,19,27,37H,16,18,36H2,1H3,(H,38,39)/t19-,27+/m1/s1. The molecule has 4 N–H and O–H groups in total. The molecule has 2 atom stereocenters. The number of aromatic nitrogens is 1. The minimum absolute atomic E-state index is 0.0507. The van der Waals surface area contributed by atoms with E-state index in [2.05, 4.69) is 10.3 Å². The number of H-pyrrole nitrogens is 1. The van der Waals surface area contributed by atoms with Crippen LogP contribution in [0.5, 0.6) is 11.5 Å². The second kappa shape index (κ2) is 12.0. The fourth-order valence-electron chi connectivity index (χ4n) is 4.61. The largest absolute Gasteiger partial charge is 0.462 e. The van der Waals surface area contributed by atoms with Gasteiger partial charge >= 0.3 is 12.1 Å². The van der Waals surface area contributed by atoms with Crippen molar-refractivity contribution < 1.29 is 32.2 Å². The van der Waals surface area contributed by atoms with Gasteiger partial charge in [0.05, 0.1) is 11.6 Å². The summed E-state index contributed by atoms with van der Waals surface area (Å²) in [7, 11) is 0. The third-order valence-electron chi connectivity index (χ3n) is 6.78. The highest BCUT2D eigenvalue weighted by Gasteiger charge is 2.30. The molecule has 1 aromatic heterocycles. The minimum Gasteiger partial charge on any atom is -0.462 e. The fourth-order valence-corrected chi connectivity index (χ4v) is 4.61. The summed E-state index contributed by atoms with van der Waals surface area (Å²) in [6.45, 7) is 1.66. The lowest BCUT2D eigenvalue weighted by atomic mass is 10.1. The number of rotatable bonds is 9. The number of amides is 1. The minimum atomic E-state index is -4.43. The highest BCUT2D eigenvalue weighted by molar-refractivity contribution is 6.00. The third-order valence-corrected chi connectivity index (χ3v) is 6.78. The number of aromatic amines is 1. The number of benzene rings is 4. The van der Waals surface area contributed by atoms with Gasteiger partial charge in [-0.25, -0.2) is 0 Å².